The summed E-state index contributed by atoms with van der Waals surface area (Å²) in [4.78, 5) is 0. The van der Waals surface area contributed by atoms with Crippen LogP contribution in [0.25, 0.3) is 54.6 Å². The summed E-state index contributed by atoms with van der Waals surface area (Å²) in [6, 6.07) is 29.2. The lowest BCUT2D eigenvalue weighted by atomic mass is 9.84. The van der Waals surface area contributed by atoms with Crippen LogP contribution in [-0.2, 0) is 0 Å². The summed E-state index contributed by atoms with van der Waals surface area (Å²) >= 11 is 6.61. The molecule has 6 rings (SSSR count). The Bertz CT molecular complexity index is 1840. The van der Waals surface area contributed by atoms with Gasteiger partial charge in [-0.3, -0.25) is 0 Å². The van der Waals surface area contributed by atoms with Crippen LogP contribution in [0.15, 0.2) is 78.9 Å². The molecule has 0 fully saturated rings. The van der Waals surface area contributed by atoms with Crippen molar-refractivity contribution in [2.24, 2.45) is 0 Å². The van der Waals surface area contributed by atoms with E-state index < -0.39 is 0 Å². The monoisotopic (exact) mass is 498 g/mol. The second kappa shape index (κ2) is 8.75. The Labute approximate surface area is 224 Å². The summed E-state index contributed by atoms with van der Waals surface area (Å²) in [5, 5.41) is 8.34. The second-order valence-electron chi connectivity index (χ2n) is 10.7. The first kappa shape index (κ1) is 23.8. The van der Waals surface area contributed by atoms with E-state index in [4.69, 9.17) is 11.6 Å². The van der Waals surface area contributed by atoms with Gasteiger partial charge in [-0.1, -0.05) is 77.3 Å². The molecule has 0 heterocycles. The van der Waals surface area contributed by atoms with Crippen molar-refractivity contribution >= 4 is 43.9 Å². The van der Waals surface area contributed by atoms with Crippen LogP contribution in [0.3, 0.4) is 0 Å². The molecule has 0 radical (unpaired) electrons. The molecule has 37 heavy (non-hydrogen) atoms. The number of benzene rings is 6. The number of hydrogen-bond donors (Lipinski definition) is 0. The maximum absolute atomic E-state index is 6.61. The molecule has 0 aliphatic carbocycles. The Morgan fingerprint density at radius 3 is 1.35 bits per heavy atom. The van der Waals surface area contributed by atoms with Gasteiger partial charge in [-0.2, -0.15) is 0 Å². The van der Waals surface area contributed by atoms with Gasteiger partial charge in [0.25, 0.3) is 0 Å². The molecular formula is C36H31Cl. The molecule has 182 valence electrons. The quantitative estimate of drug-likeness (QED) is 0.208. The lowest BCUT2D eigenvalue weighted by Crippen LogP contribution is -1.95. The van der Waals surface area contributed by atoms with Crippen LogP contribution in [0.2, 0.25) is 5.02 Å². The number of fused-ring (bicyclic) bond motifs is 5. The third-order valence-electron chi connectivity index (χ3n) is 7.83. The molecule has 6 aromatic carbocycles. The average Bonchev–Trinajstić information content (AvgIpc) is 2.83. The molecule has 6 aromatic rings. The zero-order valence-corrected chi connectivity index (χ0v) is 23.1. The van der Waals surface area contributed by atoms with Gasteiger partial charge in [0.2, 0.25) is 0 Å². The summed E-state index contributed by atoms with van der Waals surface area (Å²) in [6.07, 6.45) is 0. The van der Waals surface area contributed by atoms with Gasteiger partial charge in [0.15, 0.2) is 0 Å². The van der Waals surface area contributed by atoms with Crippen molar-refractivity contribution in [1.29, 1.82) is 0 Å². The lowest BCUT2D eigenvalue weighted by molar-refractivity contribution is 1.32. The van der Waals surface area contributed by atoms with E-state index in [0.717, 1.165) is 5.02 Å². The minimum atomic E-state index is 0.766. The molecule has 0 amide bonds. The number of hydrogen-bond acceptors (Lipinski definition) is 0. The molecule has 0 saturated heterocycles. The van der Waals surface area contributed by atoms with Crippen LogP contribution >= 0.6 is 11.6 Å². The van der Waals surface area contributed by atoms with Crippen LogP contribution in [0.5, 0.6) is 0 Å². The van der Waals surface area contributed by atoms with Crippen molar-refractivity contribution in [3.8, 4) is 22.3 Å². The highest BCUT2D eigenvalue weighted by molar-refractivity contribution is 6.32. The molecule has 1 heteroatoms. The van der Waals surface area contributed by atoms with Crippen molar-refractivity contribution in [3.63, 3.8) is 0 Å². The van der Waals surface area contributed by atoms with Crippen molar-refractivity contribution in [2.75, 3.05) is 0 Å². The molecule has 0 aliphatic heterocycles. The first-order chi connectivity index (χ1) is 17.7. The highest BCUT2D eigenvalue weighted by Gasteiger charge is 2.18. The first-order valence-electron chi connectivity index (χ1n) is 13.0. The summed E-state index contributed by atoms with van der Waals surface area (Å²) in [7, 11) is 0. The highest BCUT2D eigenvalue weighted by Crippen LogP contribution is 2.44. The lowest BCUT2D eigenvalue weighted by Gasteiger charge is -2.20. The van der Waals surface area contributed by atoms with E-state index in [1.54, 1.807) is 0 Å². The standard InChI is InChI=1S/C36H31Cl/c1-20-13-22(3)35(23(4)14-20)33-18-32-29-12-11-26(37)17-30(29)34(36-24(5)15-21(2)16-25(36)6)19-31(32)27-9-7-8-10-28(27)33/h7-19H,1-6H3. The average molecular weight is 499 g/mol. The van der Waals surface area contributed by atoms with E-state index in [9.17, 15) is 0 Å². The summed E-state index contributed by atoms with van der Waals surface area (Å²) < 4.78 is 0. The Kier molecular flexibility index (Phi) is 5.62. The van der Waals surface area contributed by atoms with E-state index >= 15 is 0 Å². The largest absolute Gasteiger partial charge is 0.0843 e. The summed E-state index contributed by atoms with van der Waals surface area (Å²) in [5.74, 6) is 0. The summed E-state index contributed by atoms with van der Waals surface area (Å²) in [6.45, 7) is 13.3. The van der Waals surface area contributed by atoms with Gasteiger partial charge in [-0.05, 0) is 143 Å². The van der Waals surface area contributed by atoms with Crippen molar-refractivity contribution in [3.05, 3.63) is 117 Å². The highest BCUT2D eigenvalue weighted by atomic mass is 35.5. The van der Waals surface area contributed by atoms with E-state index in [-0.39, 0.29) is 0 Å². The van der Waals surface area contributed by atoms with E-state index in [2.05, 4.69) is 114 Å². The van der Waals surface area contributed by atoms with Crippen molar-refractivity contribution in [2.45, 2.75) is 41.5 Å². The van der Waals surface area contributed by atoms with Crippen LogP contribution in [-0.4, -0.2) is 0 Å². The van der Waals surface area contributed by atoms with Gasteiger partial charge in [0.05, 0.1) is 0 Å². The van der Waals surface area contributed by atoms with Crippen LogP contribution in [0, 0.1) is 41.5 Å². The van der Waals surface area contributed by atoms with Crippen molar-refractivity contribution in [1.82, 2.24) is 0 Å². The molecule has 0 saturated carbocycles. The second-order valence-corrected chi connectivity index (χ2v) is 11.2. The smallest absolute Gasteiger partial charge is 0.0412 e. The van der Waals surface area contributed by atoms with E-state index in [0.29, 0.717) is 0 Å². The Morgan fingerprint density at radius 1 is 0.405 bits per heavy atom. The SMILES string of the molecule is Cc1cc(C)c(-c2cc3c4ccc(Cl)cc4c(-c4c(C)cc(C)cc4C)cc3c3ccccc23)c(C)c1. The van der Waals surface area contributed by atoms with Crippen LogP contribution in [0.1, 0.15) is 33.4 Å². The van der Waals surface area contributed by atoms with Gasteiger partial charge in [-0.15, -0.1) is 0 Å². The number of halogens is 1. The maximum atomic E-state index is 6.61. The minimum Gasteiger partial charge on any atom is -0.0843 e. The minimum absolute atomic E-state index is 0.766. The Hall–Kier alpha value is -3.61. The fourth-order valence-electron chi connectivity index (χ4n) is 6.60. The zero-order chi connectivity index (χ0) is 26.0. The topological polar surface area (TPSA) is 0 Å². The molecule has 0 bridgehead atoms. The molecule has 0 aromatic heterocycles. The predicted octanol–water partition coefficient (Wildman–Crippen LogP) is 11.0. The Morgan fingerprint density at radius 2 is 0.838 bits per heavy atom. The number of rotatable bonds is 2. The fraction of sp³-hybridized carbons (Fsp3) is 0.167. The third kappa shape index (κ3) is 3.83. The van der Waals surface area contributed by atoms with Gasteiger partial charge in [0.1, 0.15) is 0 Å². The number of aryl methyl sites for hydroxylation is 6. The molecule has 0 atom stereocenters. The van der Waals surface area contributed by atoms with Crippen LogP contribution in [0.4, 0.5) is 0 Å². The summed E-state index contributed by atoms with van der Waals surface area (Å²) in [5.41, 5.74) is 13.0. The third-order valence-corrected chi connectivity index (χ3v) is 8.06. The first-order valence-corrected chi connectivity index (χ1v) is 13.3. The molecule has 0 nitrogen and oxygen atoms in total. The van der Waals surface area contributed by atoms with E-state index in [1.807, 2.05) is 6.07 Å². The Balaban J connectivity index is 1.83. The van der Waals surface area contributed by atoms with E-state index in [1.165, 1.54) is 88.0 Å². The molecular weight excluding hydrogens is 468 g/mol. The van der Waals surface area contributed by atoms with Gasteiger partial charge < -0.3 is 0 Å². The maximum Gasteiger partial charge on any atom is 0.0412 e. The predicted molar refractivity (Wildman–Crippen MR) is 163 cm³/mol. The molecule has 0 spiro atoms. The van der Waals surface area contributed by atoms with Crippen molar-refractivity contribution < 1.29 is 0 Å². The molecule has 0 unspecified atom stereocenters. The normalized spacial score (nSPS) is 11.6. The van der Waals surface area contributed by atoms with Gasteiger partial charge >= 0.3 is 0 Å². The van der Waals surface area contributed by atoms with Gasteiger partial charge in [0, 0.05) is 5.02 Å². The van der Waals surface area contributed by atoms with Gasteiger partial charge in [-0.25, -0.2) is 0 Å². The van der Waals surface area contributed by atoms with Crippen LogP contribution < -0.4 is 0 Å². The zero-order valence-electron chi connectivity index (χ0n) is 22.4. The fourth-order valence-corrected chi connectivity index (χ4v) is 6.77. The molecule has 0 N–H and O–H groups in total. The molecule has 0 aliphatic rings.